The first-order valence-corrected chi connectivity index (χ1v) is 5.01. The van der Waals surface area contributed by atoms with E-state index in [2.05, 4.69) is 17.1 Å². The van der Waals surface area contributed by atoms with Crippen LogP contribution in [0, 0.1) is 0 Å². The molecule has 0 unspecified atom stereocenters. The minimum atomic E-state index is -0.292. The fraction of sp³-hybridized carbons (Fsp3) is 0.333. The zero-order valence-corrected chi connectivity index (χ0v) is 8.64. The molecule has 0 saturated carbocycles. The van der Waals surface area contributed by atoms with E-state index in [1.54, 1.807) is 6.92 Å². The van der Waals surface area contributed by atoms with E-state index in [1.807, 2.05) is 18.2 Å². The molecule has 0 spiro atoms. The Kier molecular flexibility index (Phi) is 2.81. The molecule has 1 aromatic carbocycles. The van der Waals surface area contributed by atoms with E-state index in [-0.39, 0.29) is 12.0 Å². The fourth-order valence-electron chi connectivity index (χ4n) is 1.63. The van der Waals surface area contributed by atoms with Gasteiger partial charge in [-0.2, -0.15) is 0 Å². The molecule has 15 heavy (non-hydrogen) atoms. The predicted octanol–water partition coefficient (Wildman–Crippen LogP) is 1.62. The van der Waals surface area contributed by atoms with E-state index in [4.69, 9.17) is 4.74 Å². The standard InChI is InChI=1S/C12H13NO2/c1-9-12(14)15-8-11(13-9)7-10-5-3-2-4-6-10/h2-6,11H,7-8H2,1H3/t11-/m0/s1. The second-order valence-electron chi connectivity index (χ2n) is 3.66. The molecule has 0 saturated heterocycles. The number of hydrogen-bond donors (Lipinski definition) is 0. The van der Waals surface area contributed by atoms with Gasteiger partial charge in [0.25, 0.3) is 0 Å². The number of ether oxygens (including phenoxy) is 1. The highest BCUT2D eigenvalue weighted by atomic mass is 16.5. The third-order valence-electron chi connectivity index (χ3n) is 2.39. The maximum absolute atomic E-state index is 11.0. The van der Waals surface area contributed by atoms with E-state index in [1.165, 1.54) is 5.56 Å². The first kappa shape index (κ1) is 9.90. The largest absolute Gasteiger partial charge is 0.459 e. The van der Waals surface area contributed by atoms with Gasteiger partial charge in [0.15, 0.2) is 0 Å². The van der Waals surface area contributed by atoms with Gasteiger partial charge in [-0.15, -0.1) is 0 Å². The van der Waals surface area contributed by atoms with Crippen molar-refractivity contribution in [3.05, 3.63) is 35.9 Å². The van der Waals surface area contributed by atoms with Crippen molar-refractivity contribution in [2.45, 2.75) is 19.4 Å². The summed E-state index contributed by atoms with van der Waals surface area (Å²) in [6.07, 6.45) is 0.825. The smallest absolute Gasteiger partial charge is 0.351 e. The number of hydrogen-bond acceptors (Lipinski definition) is 3. The van der Waals surface area contributed by atoms with Crippen LogP contribution in [0.1, 0.15) is 12.5 Å². The predicted molar refractivity (Wildman–Crippen MR) is 58.0 cm³/mol. The summed E-state index contributed by atoms with van der Waals surface area (Å²) in [5.74, 6) is -0.292. The molecular formula is C12H13NO2. The van der Waals surface area contributed by atoms with Crippen LogP contribution < -0.4 is 0 Å². The molecule has 0 fully saturated rings. The Morgan fingerprint density at radius 2 is 2.13 bits per heavy atom. The van der Waals surface area contributed by atoms with Gasteiger partial charge in [-0.05, 0) is 18.9 Å². The van der Waals surface area contributed by atoms with Crippen LogP contribution in [-0.4, -0.2) is 24.3 Å². The van der Waals surface area contributed by atoms with Crippen molar-refractivity contribution in [1.29, 1.82) is 0 Å². The molecule has 0 bridgehead atoms. The van der Waals surface area contributed by atoms with E-state index in [0.717, 1.165) is 6.42 Å². The lowest BCUT2D eigenvalue weighted by atomic mass is 10.1. The van der Waals surface area contributed by atoms with Crippen molar-refractivity contribution in [2.75, 3.05) is 6.61 Å². The Hall–Kier alpha value is -1.64. The van der Waals surface area contributed by atoms with Gasteiger partial charge in [0, 0.05) is 0 Å². The van der Waals surface area contributed by atoms with Crippen molar-refractivity contribution in [2.24, 2.45) is 4.99 Å². The Balaban J connectivity index is 2.05. The molecule has 3 heteroatoms. The van der Waals surface area contributed by atoms with Crippen LogP contribution in [0.4, 0.5) is 0 Å². The lowest BCUT2D eigenvalue weighted by molar-refractivity contribution is -0.137. The van der Waals surface area contributed by atoms with Crippen molar-refractivity contribution in [3.8, 4) is 0 Å². The molecule has 1 aliphatic rings. The average Bonchev–Trinajstić information content (AvgIpc) is 2.25. The molecular weight excluding hydrogens is 190 g/mol. The highest BCUT2D eigenvalue weighted by Gasteiger charge is 2.20. The molecule has 1 atom stereocenters. The summed E-state index contributed by atoms with van der Waals surface area (Å²) < 4.78 is 5.01. The Labute approximate surface area is 88.8 Å². The SMILES string of the molecule is CC1=N[C@@H](Cc2ccccc2)COC1=O. The maximum Gasteiger partial charge on any atom is 0.351 e. The molecule has 1 aliphatic heterocycles. The molecule has 0 N–H and O–H groups in total. The molecule has 0 aromatic heterocycles. The van der Waals surface area contributed by atoms with Crippen LogP contribution in [0.3, 0.4) is 0 Å². The number of rotatable bonds is 2. The van der Waals surface area contributed by atoms with Crippen molar-refractivity contribution in [1.82, 2.24) is 0 Å². The molecule has 2 rings (SSSR count). The number of nitrogens with zero attached hydrogens (tertiary/aromatic N) is 1. The summed E-state index contributed by atoms with van der Waals surface area (Å²) in [5, 5.41) is 0. The van der Waals surface area contributed by atoms with Gasteiger partial charge < -0.3 is 4.74 Å². The van der Waals surface area contributed by atoms with Gasteiger partial charge in [0.05, 0.1) is 6.04 Å². The number of cyclic esters (lactones) is 1. The second-order valence-corrected chi connectivity index (χ2v) is 3.66. The molecule has 78 valence electrons. The number of aliphatic imine (C=N–C) groups is 1. The van der Waals surface area contributed by atoms with Crippen LogP contribution in [0.2, 0.25) is 0 Å². The van der Waals surface area contributed by atoms with E-state index < -0.39 is 0 Å². The molecule has 3 nitrogen and oxygen atoms in total. The summed E-state index contributed by atoms with van der Waals surface area (Å²) in [7, 11) is 0. The van der Waals surface area contributed by atoms with Gasteiger partial charge in [0.2, 0.25) is 0 Å². The molecule has 1 heterocycles. The van der Waals surface area contributed by atoms with Gasteiger partial charge in [-0.3, -0.25) is 4.99 Å². The van der Waals surface area contributed by atoms with Crippen molar-refractivity contribution < 1.29 is 9.53 Å². The monoisotopic (exact) mass is 203 g/mol. The van der Waals surface area contributed by atoms with Crippen LogP contribution in [0.5, 0.6) is 0 Å². The van der Waals surface area contributed by atoms with Crippen LogP contribution in [0.25, 0.3) is 0 Å². The highest BCUT2D eigenvalue weighted by molar-refractivity contribution is 6.35. The summed E-state index contributed by atoms with van der Waals surface area (Å²) in [5.41, 5.74) is 1.69. The summed E-state index contributed by atoms with van der Waals surface area (Å²) in [6, 6.07) is 10.2. The molecule has 0 radical (unpaired) electrons. The molecule has 0 amide bonds. The van der Waals surface area contributed by atoms with E-state index >= 15 is 0 Å². The lowest BCUT2D eigenvalue weighted by Crippen LogP contribution is -2.30. The first-order valence-electron chi connectivity index (χ1n) is 5.01. The first-order chi connectivity index (χ1) is 7.25. The van der Waals surface area contributed by atoms with Gasteiger partial charge in [-0.25, -0.2) is 4.79 Å². The summed E-state index contributed by atoms with van der Waals surface area (Å²) in [6.45, 7) is 2.09. The van der Waals surface area contributed by atoms with Gasteiger partial charge >= 0.3 is 5.97 Å². The van der Waals surface area contributed by atoms with Crippen LogP contribution in [0.15, 0.2) is 35.3 Å². The van der Waals surface area contributed by atoms with Crippen LogP contribution >= 0.6 is 0 Å². The molecule has 0 aliphatic carbocycles. The topological polar surface area (TPSA) is 38.7 Å². The Morgan fingerprint density at radius 3 is 2.80 bits per heavy atom. The van der Waals surface area contributed by atoms with Gasteiger partial charge in [0.1, 0.15) is 12.3 Å². The minimum Gasteiger partial charge on any atom is -0.459 e. The fourth-order valence-corrected chi connectivity index (χ4v) is 1.63. The number of benzene rings is 1. The third-order valence-corrected chi connectivity index (χ3v) is 2.39. The third kappa shape index (κ3) is 2.43. The van der Waals surface area contributed by atoms with E-state index in [0.29, 0.717) is 12.3 Å². The van der Waals surface area contributed by atoms with Crippen molar-refractivity contribution in [3.63, 3.8) is 0 Å². The highest BCUT2D eigenvalue weighted by Crippen LogP contribution is 2.10. The normalized spacial score (nSPS) is 20.7. The second kappa shape index (κ2) is 4.26. The summed E-state index contributed by atoms with van der Waals surface area (Å²) in [4.78, 5) is 15.3. The summed E-state index contributed by atoms with van der Waals surface area (Å²) >= 11 is 0. The Morgan fingerprint density at radius 1 is 1.40 bits per heavy atom. The number of carbonyl (C=O) groups excluding carboxylic acids is 1. The van der Waals surface area contributed by atoms with E-state index in [9.17, 15) is 4.79 Å². The Bertz CT molecular complexity index is 384. The minimum absolute atomic E-state index is 0.0742. The zero-order valence-electron chi connectivity index (χ0n) is 8.64. The van der Waals surface area contributed by atoms with Gasteiger partial charge in [-0.1, -0.05) is 30.3 Å². The number of esters is 1. The van der Waals surface area contributed by atoms with Crippen molar-refractivity contribution >= 4 is 11.7 Å². The maximum atomic E-state index is 11.0. The number of carbonyl (C=O) groups is 1. The molecule has 1 aromatic rings. The van der Waals surface area contributed by atoms with Crippen LogP contribution in [-0.2, 0) is 16.0 Å². The average molecular weight is 203 g/mol. The lowest BCUT2D eigenvalue weighted by Gasteiger charge is -2.18. The quantitative estimate of drug-likeness (QED) is 0.685. The zero-order chi connectivity index (χ0) is 10.7.